The number of hydrogen-bond acceptors (Lipinski definition) is 4. The van der Waals surface area contributed by atoms with Gasteiger partial charge in [-0.25, -0.2) is 4.98 Å². The van der Waals surface area contributed by atoms with E-state index in [1.165, 1.54) is 6.07 Å². The SMILES string of the molecule is O=C(c1cccc(=O)[nH]1)N1CCCCC1c1ncc(Cc2cccc(Cl)c2)o1. The number of carbonyl (C=O) groups is 1. The first-order chi connectivity index (χ1) is 13.6. The van der Waals surface area contributed by atoms with Crippen LogP contribution in [0.5, 0.6) is 0 Å². The minimum Gasteiger partial charge on any atom is -0.443 e. The van der Waals surface area contributed by atoms with E-state index in [9.17, 15) is 9.59 Å². The van der Waals surface area contributed by atoms with Crippen molar-refractivity contribution in [2.45, 2.75) is 31.7 Å². The number of hydrogen-bond donors (Lipinski definition) is 1. The van der Waals surface area contributed by atoms with E-state index in [0.29, 0.717) is 23.9 Å². The van der Waals surface area contributed by atoms with Gasteiger partial charge in [0.15, 0.2) is 0 Å². The Bertz CT molecular complexity index is 1040. The molecule has 7 heteroatoms. The van der Waals surface area contributed by atoms with Crippen molar-refractivity contribution in [1.29, 1.82) is 0 Å². The van der Waals surface area contributed by atoms with E-state index in [1.54, 1.807) is 23.2 Å². The zero-order chi connectivity index (χ0) is 19.5. The van der Waals surface area contributed by atoms with Gasteiger partial charge in [-0.1, -0.05) is 29.8 Å². The second kappa shape index (κ2) is 8.02. The van der Waals surface area contributed by atoms with Gasteiger partial charge in [0.05, 0.1) is 6.20 Å². The Morgan fingerprint density at radius 3 is 2.93 bits per heavy atom. The van der Waals surface area contributed by atoms with Gasteiger partial charge >= 0.3 is 0 Å². The Hall–Kier alpha value is -2.86. The van der Waals surface area contributed by atoms with Gasteiger partial charge in [-0.15, -0.1) is 0 Å². The van der Waals surface area contributed by atoms with Gasteiger partial charge in [0.1, 0.15) is 17.5 Å². The Balaban J connectivity index is 1.55. The second-order valence-electron chi connectivity index (χ2n) is 6.91. The molecule has 0 aliphatic carbocycles. The highest BCUT2D eigenvalue weighted by molar-refractivity contribution is 6.30. The van der Waals surface area contributed by atoms with E-state index in [-0.39, 0.29) is 23.2 Å². The molecule has 0 saturated carbocycles. The van der Waals surface area contributed by atoms with Crippen LogP contribution >= 0.6 is 11.6 Å². The van der Waals surface area contributed by atoms with Gasteiger partial charge in [-0.2, -0.15) is 0 Å². The number of benzene rings is 1. The highest BCUT2D eigenvalue weighted by Gasteiger charge is 2.32. The predicted octanol–water partition coefficient (Wildman–Crippen LogP) is 3.97. The van der Waals surface area contributed by atoms with E-state index < -0.39 is 0 Å². The van der Waals surface area contributed by atoms with Crippen molar-refractivity contribution >= 4 is 17.5 Å². The lowest BCUT2D eigenvalue weighted by molar-refractivity contribution is 0.0563. The number of piperidine rings is 1. The molecule has 1 aliphatic rings. The van der Waals surface area contributed by atoms with Gasteiger partial charge in [-0.3, -0.25) is 9.59 Å². The zero-order valence-corrected chi connectivity index (χ0v) is 16.0. The lowest BCUT2D eigenvalue weighted by atomic mass is 10.0. The fourth-order valence-electron chi connectivity index (χ4n) is 3.57. The van der Waals surface area contributed by atoms with Gasteiger partial charge in [0.25, 0.3) is 5.91 Å². The number of aromatic nitrogens is 2. The van der Waals surface area contributed by atoms with Crippen molar-refractivity contribution in [3.63, 3.8) is 0 Å². The summed E-state index contributed by atoms with van der Waals surface area (Å²) < 4.78 is 5.99. The molecule has 3 aromatic rings. The molecule has 1 N–H and O–H groups in total. The van der Waals surface area contributed by atoms with Crippen LogP contribution in [0, 0.1) is 0 Å². The number of nitrogens with zero attached hydrogens (tertiary/aromatic N) is 2. The van der Waals surface area contributed by atoms with Crippen LogP contribution in [0.4, 0.5) is 0 Å². The molecular formula is C21H20ClN3O3. The summed E-state index contributed by atoms with van der Waals surface area (Å²) in [6.45, 7) is 0.604. The lowest BCUT2D eigenvalue weighted by Gasteiger charge is -2.33. The van der Waals surface area contributed by atoms with E-state index in [1.807, 2.05) is 24.3 Å². The van der Waals surface area contributed by atoms with Crippen molar-refractivity contribution in [2.24, 2.45) is 0 Å². The molecule has 6 nitrogen and oxygen atoms in total. The number of likely N-dealkylation sites (tertiary alicyclic amines) is 1. The zero-order valence-electron chi connectivity index (χ0n) is 15.2. The van der Waals surface area contributed by atoms with Crippen LogP contribution < -0.4 is 5.56 Å². The molecule has 1 atom stereocenters. The van der Waals surface area contributed by atoms with Crippen molar-refractivity contribution in [1.82, 2.24) is 14.9 Å². The summed E-state index contributed by atoms with van der Waals surface area (Å²) in [6, 6.07) is 12.0. The quantitative estimate of drug-likeness (QED) is 0.722. The van der Waals surface area contributed by atoms with Crippen LogP contribution in [-0.2, 0) is 6.42 Å². The normalized spacial score (nSPS) is 16.9. The number of nitrogens with one attached hydrogen (secondary N) is 1. The van der Waals surface area contributed by atoms with Crippen LogP contribution in [-0.4, -0.2) is 27.3 Å². The number of amides is 1. The van der Waals surface area contributed by atoms with Gasteiger partial charge in [0, 0.05) is 24.1 Å². The van der Waals surface area contributed by atoms with Crippen LogP contribution in [0.2, 0.25) is 5.02 Å². The fourth-order valence-corrected chi connectivity index (χ4v) is 3.78. The molecule has 3 heterocycles. The summed E-state index contributed by atoms with van der Waals surface area (Å²) in [7, 11) is 0. The molecule has 1 amide bonds. The number of oxazole rings is 1. The Morgan fingerprint density at radius 2 is 2.11 bits per heavy atom. The molecule has 0 radical (unpaired) electrons. The van der Waals surface area contributed by atoms with Crippen LogP contribution in [0.15, 0.2) is 57.9 Å². The van der Waals surface area contributed by atoms with Crippen LogP contribution in [0.1, 0.15) is 53.0 Å². The molecule has 1 saturated heterocycles. The standard InChI is InChI=1S/C21H20ClN3O3/c22-15-6-3-5-14(11-15)12-16-13-23-20(28-16)18-8-1-2-10-25(18)21(27)17-7-4-9-19(26)24-17/h3-7,9,11,13,18H,1-2,8,10,12H2,(H,24,26). The Kier molecular flexibility index (Phi) is 5.30. The Morgan fingerprint density at radius 1 is 1.25 bits per heavy atom. The van der Waals surface area contributed by atoms with Gasteiger partial charge in [0.2, 0.25) is 11.4 Å². The number of aromatic amines is 1. The fraction of sp³-hybridized carbons (Fsp3) is 0.286. The summed E-state index contributed by atoms with van der Waals surface area (Å²) in [5.41, 5.74) is 1.03. The largest absolute Gasteiger partial charge is 0.443 e. The molecule has 1 aromatic carbocycles. The highest BCUT2D eigenvalue weighted by atomic mass is 35.5. The molecule has 0 bridgehead atoms. The maximum atomic E-state index is 12.9. The molecule has 4 rings (SSSR count). The van der Waals surface area contributed by atoms with E-state index in [4.69, 9.17) is 16.0 Å². The third-order valence-electron chi connectivity index (χ3n) is 4.89. The number of pyridine rings is 1. The van der Waals surface area contributed by atoms with E-state index in [0.717, 1.165) is 30.6 Å². The minimum absolute atomic E-state index is 0.211. The van der Waals surface area contributed by atoms with Gasteiger partial charge in [-0.05, 0) is 43.0 Å². The monoisotopic (exact) mass is 397 g/mol. The summed E-state index contributed by atoms with van der Waals surface area (Å²) >= 11 is 6.05. The predicted molar refractivity (Wildman–Crippen MR) is 105 cm³/mol. The molecule has 1 unspecified atom stereocenters. The highest BCUT2D eigenvalue weighted by Crippen LogP contribution is 2.32. The first-order valence-corrected chi connectivity index (χ1v) is 9.67. The third kappa shape index (κ3) is 4.02. The first-order valence-electron chi connectivity index (χ1n) is 9.29. The number of rotatable bonds is 4. The summed E-state index contributed by atoms with van der Waals surface area (Å²) in [5.74, 6) is 1.05. The molecular weight excluding hydrogens is 378 g/mol. The van der Waals surface area contributed by atoms with Crippen molar-refractivity contribution < 1.29 is 9.21 Å². The van der Waals surface area contributed by atoms with Crippen molar-refractivity contribution in [2.75, 3.05) is 6.54 Å². The average Bonchev–Trinajstić information content (AvgIpc) is 3.16. The van der Waals surface area contributed by atoms with Crippen LogP contribution in [0.25, 0.3) is 0 Å². The number of H-pyrrole nitrogens is 1. The molecule has 1 aliphatic heterocycles. The first kappa shape index (κ1) is 18.5. The summed E-state index contributed by atoms with van der Waals surface area (Å²) in [6.07, 6.45) is 4.97. The van der Waals surface area contributed by atoms with Gasteiger partial charge < -0.3 is 14.3 Å². The molecule has 1 fully saturated rings. The summed E-state index contributed by atoms with van der Waals surface area (Å²) in [4.78, 5) is 33.3. The third-order valence-corrected chi connectivity index (χ3v) is 5.12. The number of halogens is 1. The minimum atomic E-state index is -0.292. The van der Waals surface area contributed by atoms with Crippen molar-refractivity contribution in [3.05, 3.63) is 86.9 Å². The number of carbonyl (C=O) groups excluding carboxylic acids is 1. The van der Waals surface area contributed by atoms with Crippen molar-refractivity contribution in [3.8, 4) is 0 Å². The van der Waals surface area contributed by atoms with E-state index >= 15 is 0 Å². The molecule has 28 heavy (non-hydrogen) atoms. The second-order valence-corrected chi connectivity index (χ2v) is 7.35. The van der Waals surface area contributed by atoms with E-state index in [2.05, 4.69) is 9.97 Å². The molecule has 0 spiro atoms. The average molecular weight is 398 g/mol. The molecule has 2 aromatic heterocycles. The Labute approximate surface area is 167 Å². The smallest absolute Gasteiger partial charge is 0.271 e. The maximum Gasteiger partial charge on any atom is 0.271 e. The lowest BCUT2D eigenvalue weighted by Crippen LogP contribution is -2.39. The maximum absolute atomic E-state index is 12.9. The van der Waals surface area contributed by atoms with Crippen LogP contribution in [0.3, 0.4) is 0 Å². The molecule has 144 valence electrons. The summed E-state index contributed by atoms with van der Waals surface area (Å²) in [5, 5.41) is 0.679. The topological polar surface area (TPSA) is 79.2 Å².